The molecule has 0 bridgehead atoms. The van der Waals surface area contributed by atoms with E-state index >= 15 is 0 Å². The third kappa shape index (κ3) is 4.79. The average Bonchev–Trinajstić information content (AvgIpc) is 3.47. The lowest BCUT2D eigenvalue weighted by Gasteiger charge is -2.20. The van der Waals surface area contributed by atoms with Crippen LogP contribution in [-0.4, -0.2) is 43.7 Å². The maximum atomic E-state index is 12.1. The van der Waals surface area contributed by atoms with Gasteiger partial charge in [0.2, 0.25) is 5.91 Å². The zero-order chi connectivity index (χ0) is 18.5. The van der Waals surface area contributed by atoms with Crippen molar-refractivity contribution in [1.82, 2.24) is 15.3 Å². The van der Waals surface area contributed by atoms with E-state index in [0.29, 0.717) is 12.3 Å². The highest BCUT2D eigenvalue weighted by Gasteiger charge is 2.28. The number of aromatic nitrogens is 2. The van der Waals surface area contributed by atoms with E-state index in [-0.39, 0.29) is 18.6 Å². The van der Waals surface area contributed by atoms with E-state index in [1.54, 1.807) is 0 Å². The van der Waals surface area contributed by atoms with Crippen LogP contribution in [0.2, 0.25) is 0 Å². The van der Waals surface area contributed by atoms with Gasteiger partial charge in [-0.05, 0) is 18.4 Å². The summed E-state index contributed by atoms with van der Waals surface area (Å²) in [6.45, 7) is 0.0450. The summed E-state index contributed by atoms with van der Waals surface area (Å²) in [6, 6.07) is 11.8. The third-order valence-electron chi connectivity index (χ3n) is 4.41. The molecule has 0 unspecified atom stereocenters. The Bertz CT molecular complexity index is 724. The SMILES string of the molecule is COCC(=O)N[C@@H](Cc1cc(N(C)C)nc(C2CC2)n1)c1ccccc1. The molecule has 1 fully saturated rings. The Kier molecular flexibility index (Phi) is 5.83. The highest BCUT2D eigenvalue weighted by atomic mass is 16.5. The highest BCUT2D eigenvalue weighted by Crippen LogP contribution is 2.38. The van der Waals surface area contributed by atoms with E-state index in [2.05, 4.69) is 10.3 Å². The van der Waals surface area contributed by atoms with Crippen molar-refractivity contribution in [3.8, 4) is 0 Å². The summed E-state index contributed by atoms with van der Waals surface area (Å²) < 4.78 is 4.96. The molecule has 1 aromatic carbocycles. The van der Waals surface area contributed by atoms with Gasteiger partial charge in [-0.2, -0.15) is 0 Å². The van der Waals surface area contributed by atoms with Gasteiger partial charge < -0.3 is 15.0 Å². The number of carbonyl (C=O) groups excluding carboxylic acids is 1. The molecule has 1 N–H and O–H groups in total. The molecule has 6 nitrogen and oxygen atoms in total. The van der Waals surface area contributed by atoms with E-state index in [0.717, 1.165) is 35.7 Å². The van der Waals surface area contributed by atoms with Crippen molar-refractivity contribution < 1.29 is 9.53 Å². The normalized spacial score (nSPS) is 14.7. The first-order chi connectivity index (χ1) is 12.6. The van der Waals surface area contributed by atoms with Crippen LogP contribution in [0.15, 0.2) is 36.4 Å². The molecule has 0 spiro atoms. The molecule has 138 valence electrons. The Morgan fingerprint density at radius 3 is 2.62 bits per heavy atom. The molecule has 1 aliphatic rings. The molecular formula is C20H26N4O2. The molecular weight excluding hydrogens is 328 g/mol. The number of benzene rings is 1. The van der Waals surface area contributed by atoms with E-state index in [1.165, 1.54) is 7.11 Å². The average molecular weight is 354 g/mol. The number of nitrogens with zero attached hydrogens (tertiary/aromatic N) is 3. The predicted molar refractivity (Wildman–Crippen MR) is 101 cm³/mol. The first kappa shape index (κ1) is 18.3. The van der Waals surface area contributed by atoms with Gasteiger partial charge in [0.1, 0.15) is 18.2 Å². The molecule has 26 heavy (non-hydrogen) atoms. The van der Waals surface area contributed by atoms with Crippen molar-refractivity contribution >= 4 is 11.7 Å². The van der Waals surface area contributed by atoms with E-state index in [9.17, 15) is 4.79 Å². The van der Waals surface area contributed by atoms with Gasteiger partial charge in [-0.1, -0.05) is 30.3 Å². The Hall–Kier alpha value is -2.47. The number of anilines is 1. The Labute approximate surface area is 154 Å². The topological polar surface area (TPSA) is 67.3 Å². The summed E-state index contributed by atoms with van der Waals surface area (Å²) >= 11 is 0. The second-order valence-corrected chi connectivity index (χ2v) is 6.91. The van der Waals surface area contributed by atoms with Gasteiger partial charge in [-0.25, -0.2) is 9.97 Å². The monoisotopic (exact) mass is 354 g/mol. The molecule has 0 radical (unpaired) electrons. The molecule has 3 rings (SSSR count). The number of nitrogens with one attached hydrogen (secondary N) is 1. The summed E-state index contributed by atoms with van der Waals surface area (Å²) in [4.78, 5) is 23.5. The van der Waals surface area contributed by atoms with Gasteiger partial charge in [-0.15, -0.1) is 0 Å². The summed E-state index contributed by atoms with van der Waals surface area (Å²) in [7, 11) is 5.49. The molecule has 1 atom stereocenters. The first-order valence-electron chi connectivity index (χ1n) is 8.95. The molecule has 1 saturated carbocycles. The Morgan fingerprint density at radius 2 is 2.00 bits per heavy atom. The third-order valence-corrected chi connectivity index (χ3v) is 4.41. The lowest BCUT2D eigenvalue weighted by molar-refractivity contribution is -0.125. The lowest BCUT2D eigenvalue weighted by Crippen LogP contribution is -2.32. The fraction of sp³-hybridized carbons (Fsp3) is 0.450. The number of hydrogen-bond acceptors (Lipinski definition) is 5. The fourth-order valence-electron chi connectivity index (χ4n) is 2.87. The van der Waals surface area contributed by atoms with Crippen molar-refractivity contribution in [2.45, 2.75) is 31.2 Å². The number of rotatable bonds is 8. The van der Waals surface area contributed by atoms with Crippen LogP contribution in [0.25, 0.3) is 0 Å². The maximum Gasteiger partial charge on any atom is 0.246 e. The molecule has 2 aromatic rings. The van der Waals surface area contributed by atoms with Crippen molar-refractivity contribution in [1.29, 1.82) is 0 Å². The van der Waals surface area contributed by atoms with Crippen LogP contribution in [0.4, 0.5) is 5.82 Å². The van der Waals surface area contributed by atoms with Crippen LogP contribution in [0.1, 0.15) is 41.9 Å². The van der Waals surface area contributed by atoms with Crippen LogP contribution >= 0.6 is 0 Å². The maximum absolute atomic E-state index is 12.1. The molecule has 0 saturated heterocycles. The predicted octanol–water partition coefficient (Wildman–Crippen LogP) is 2.47. The van der Waals surface area contributed by atoms with E-state index in [4.69, 9.17) is 9.72 Å². The highest BCUT2D eigenvalue weighted by molar-refractivity contribution is 5.77. The minimum atomic E-state index is -0.157. The number of hydrogen-bond donors (Lipinski definition) is 1. The summed E-state index contributed by atoms with van der Waals surface area (Å²) in [6.07, 6.45) is 2.93. The number of carbonyl (C=O) groups is 1. The molecule has 6 heteroatoms. The van der Waals surface area contributed by atoms with Gasteiger partial charge in [-0.3, -0.25) is 4.79 Å². The van der Waals surface area contributed by atoms with Crippen molar-refractivity contribution in [2.24, 2.45) is 0 Å². The van der Waals surface area contributed by atoms with Gasteiger partial charge >= 0.3 is 0 Å². The van der Waals surface area contributed by atoms with E-state index in [1.807, 2.05) is 55.4 Å². The standard InChI is InChI=1S/C20H26N4O2/c1-24(2)18-12-16(21-20(23-18)15-9-10-15)11-17(22-19(25)13-26-3)14-7-5-4-6-8-14/h4-8,12,15,17H,9-11,13H2,1-3H3,(H,22,25)/t17-/m0/s1. The van der Waals surface area contributed by atoms with Crippen LogP contribution in [-0.2, 0) is 16.0 Å². The summed E-state index contributed by atoms with van der Waals surface area (Å²) in [5, 5.41) is 3.06. The van der Waals surface area contributed by atoms with Gasteiger partial charge in [0.05, 0.1) is 6.04 Å². The Balaban J connectivity index is 1.87. The number of ether oxygens (including phenoxy) is 1. The van der Waals surface area contributed by atoms with Crippen molar-refractivity contribution in [3.63, 3.8) is 0 Å². The van der Waals surface area contributed by atoms with E-state index < -0.39 is 0 Å². The van der Waals surface area contributed by atoms with Crippen molar-refractivity contribution in [3.05, 3.63) is 53.5 Å². The zero-order valence-corrected chi connectivity index (χ0v) is 15.6. The second kappa shape index (κ2) is 8.27. The zero-order valence-electron chi connectivity index (χ0n) is 15.6. The fourth-order valence-corrected chi connectivity index (χ4v) is 2.87. The van der Waals surface area contributed by atoms with Crippen LogP contribution in [0.3, 0.4) is 0 Å². The largest absolute Gasteiger partial charge is 0.375 e. The summed E-state index contributed by atoms with van der Waals surface area (Å²) in [5.41, 5.74) is 1.99. The minimum Gasteiger partial charge on any atom is -0.375 e. The van der Waals surface area contributed by atoms with Crippen molar-refractivity contribution in [2.75, 3.05) is 32.7 Å². The van der Waals surface area contributed by atoms with Gasteiger partial charge in [0.25, 0.3) is 0 Å². The molecule has 1 heterocycles. The molecule has 1 aliphatic carbocycles. The van der Waals surface area contributed by atoms with Crippen LogP contribution < -0.4 is 10.2 Å². The number of amides is 1. The molecule has 1 aromatic heterocycles. The lowest BCUT2D eigenvalue weighted by atomic mass is 10.0. The van der Waals surface area contributed by atoms with Gasteiger partial charge in [0, 0.05) is 45.3 Å². The first-order valence-corrected chi connectivity index (χ1v) is 8.95. The quantitative estimate of drug-likeness (QED) is 0.789. The Morgan fingerprint density at radius 1 is 1.27 bits per heavy atom. The van der Waals surface area contributed by atoms with Crippen LogP contribution in [0, 0.1) is 0 Å². The second-order valence-electron chi connectivity index (χ2n) is 6.91. The smallest absolute Gasteiger partial charge is 0.246 e. The molecule has 1 amide bonds. The summed E-state index contributed by atoms with van der Waals surface area (Å²) in [5.74, 6) is 2.17. The minimum absolute atomic E-state index is 0.0450. The van der Waals surface area contributed by atoms with Gasteiger partial charge in [0.15, 0.2) is 0 Å². The molecule has 0 aliphatic heterocycles. The van der Waals surface area contributed by atoms with Crippen LogP contribution in [0.5, 0.6) is 0 Å². The number of methoxy groups -OCH3 is 1.